The molecule has 108 valence electrons. The summed E-state index contributed by atoms with van der Waals surface area (Å²) < 4.78 is 5.16. The summed E-state index contributed by atoms with van der Waals surface area (Å²) in [6.45, 7) is 1.33. The number of carboxylic acid groups (broad SMARTS) is 1. The fourth-order valence-electron chi connectivity index (χ4n) is 2.68. The average Bonchev–Trinajstić information content (AvgIpc) is 3.19. The molecule has 20 heavy (non-hydrogen) atoms. The number of ether oxygens (including phenoxy) is 1. The number of carboxylic acids is 1. The molecule has 0 unspecified atom stereocenters. The van der Waals surface area contributed by atoms with Gasteiger partial charge in [0.2, 0.25) is 0 Å². The minimum Gasteiger partial charge on any atom is -0.494 e. The highest BCUT2D eigenvalue weighted by atomic mass is 16.5. The van der Waals surface area contributed by atoms with Gasteiger partial charge in [-0.05, 0) is 19.3 Å². The molecule has 6 heteroatoms. The lowest BCUT2D eigenvalue weighted by Gasteiger charge is -2.22. The molecule has 1 saturated heterocycles. The Morgan fingerprint density at radius 1 is 1.45 bits per heavy atom. The Hall–Kier alpha value is -1.82. The fraction of sp³-hybridized carbons (Fsp3) is 0.571. The first-order valence-corrected chi connectivity index (χ1v) is 6.85. The van der Waals surface area contributed by atoms with Gasteiger partial charge in [0, 0.05) is 25.1 Å². The lowest BCUT2D eigenvalue weighted by atomic mass is 10.1. The van der Waals surface area contributed by atoms with Gasteiger partial charge in [-0.2, -0.15) is 0 Å². The standard InChI is InChI=1S/C14H18N2O4/c1-20-11-6-10(16-5-4-9(17)7-16)12(8-2-3-8)15-13(11)14(18)19/h6,8-9,17H,2-5,7H2,1H3,(H,18,19)/t9-/m0/s1. The molecule has 1 aromatic rings. The van der Waals surface area contributed by atoms with E-state index >= 15 is 0 Å². The van der Waals surface area contributed by atoms with Crippen LogP contribution in [-0.2, 0) is 0 Å². The quantitative estimate of drug-likeness (QED) is 0.862. The Balaban J connectivity index is 2.05. The zero-order valence-corrected chi connectivity index (χ0v) is 11.4. The minimum atomic E-state index is -1.07. The SMILES string of the molecule is COc1cc(N2CC[C@H](O)C2)c(C2CC2)nc1C(=O)O. The molecule has 0 radical (unpaired) electrons. The maximum Gasteiger partial charge on any atom is 0.358 e. The van der Waals surface area contributed by atoms with Crippen molar-refractivity contribution in [2.24, 2.45) is 0 Å². The summed E-state index contributed by atoms with van der Waals surface area (Å²) in [7, 11) is 1.45. The molecular weight excluding hydrogens is 260 g/mol. The Morgan fingerprint density at radius 3 is 2.70 bits per heavy atom. The van der Waals surface area contributed by atoms with Crippen LogP contribution < -0.4 is 9.64 Å². The fourth-order valence-corrected chi connectivity index (χ4v) is 2.68. The van der Waals surface area contributed by atoms with Crippen LogP contribution in [0.15, 0.2) is 6.07 Å². The summed E-state index contributed by atoms with van der Waals surface area (Å²) in [6, 6.07) is 1.75. The molecule has 6 nitrogen and oxygen atoms in total. The van der Waals surface area contributed by atoms with Crippen LogP contribution in [0.5, 0.6) is 5.75 Å². The van der Waals surface area contributed by atoms with E-state index in [-0.39, 0.29) is 17.5 Å². The number of rotatable bonds is 4. The topological polar surface area (TPSA) is 82.9 Å². The van der Waals surface area contributed by atoms with Crippen LogP contribution in [0.25, 0.3) is 0 Å². The van der Waals surface area contributed by atoms with Gasteiger partial charge in [0.05, 0.1) is 24.6 Å². The van der Waals surface area contributed by atoms with Crippen LogP contribution in [-0.4, -0.2) is 47.5 Å². The zero-order valence-electron chi connectivity index (χ0n) is 11.4. The number of aliphatic hydroxyl groups excluding tert-OH is 1. The van der Waals surface area contributed by atoms with Gasteiger partial charge in [-0.1, -0.05) is 0 Å². The van der Waals surface area contributed by atoms with Crippen molar-refractivity contribution in [2.75, 3.05) is 25.1 Å². The van der Waals surface area contributed by atoms with E-state index in [0.717, 1.165) is 37.2 Å². The van der Waals surface area contributed by atoms with Crippen LogP contribution >= 0.6 is 0 Å². The number of nitrogens with zero attached hydrogens (tertiary/aromatic N) is 2. The van der Waals surface area contributed by atoms with Crippen molar-refractivity contribution in [1.29, 1.82) is 0 Å². The Bertz CT molecular complexity index is 542. The first-order valence-electron chi connectivity index (χ1n) is 6.85. The number of carbonyl (C=O) groups is 1. The second-order valence-corrected chi connectivity index (χ2v) is 5.41. The molecule has 2 fully saturated rings. The number of aromatic carboxylic acids is 1. The minimum absolute atomic E-state index is 0.0297. The Labute approximate surface area is 117 Å². The summed E-state index contributed by atoms with van der Waals surface area (Å²) in [4.78, 5) is 17.7. The zero-order chi connectivity index (χ0) is 14.3. The first kappa shape index (κ1) is 13.2. The molecule has 0 spiro atoms. The van der Waals surface area contributed by atoms with Crippen molar-refractivity contribution in [3.8, 4) is 5.75 Å². The summed E-state index contributed by atoms with van der Waals surface area (Å²) in [5, 5.41) is 18.9. The molecule has 2 N–H and O–H groups in total. The molecule has 1 aliphatic carbocycles. The second-order valence-electron chi connectivity index (χ2n) is 5.41. The van der Waals surface area contributed by atoms with Crippen molar-refractivity contribution >= 4 is 11.7 Å². The Kier molecular flexibility index (Phi) is 3.25. The summed E-state index contributed by atoms with van der Waals surface area (Å²) in [6.07, 6.45) is 2.49. The number of aliphatic hydroxyl groups is 1. The van der Waals surface area contributed by atoms with Gasteiger partial charge in [0.25, 0.3) is 0 Å². The van der Waals surface area contributed by atoms with E-state index in [1.54, 1.807) is 6.07 Å². The molecule has 0 bridgehead atoms. The second kappa shape index (κ2) is 4.94. The van der Waals surface area contributed by atoms with E-state index in [2.05, 4.69) is 9.88 Å². The Morgan fingerprint density at radius 2 is 2.20 bits per heavy atom. The van der Waals surface area contributed by atoms with Crippen molar-refractivity contribution in [2.45, 2.75) is 31.3 Å². The molecule has 2 aliphatic rings. The van der Waals surface area contributed by atoms with E-state index < -0.39 is 5.97 Å². The van der Waals surface area contributed by atoms with E-state index in [1.807, 2.05) is 0 Å². The summed E-state index contributed by atoms with van der Waals surface area (Å²) in [5.74, 6) is -0.457. The van der Waals surface area contributed by atoms with Gasteiger partial charge in [0.1, 0.15) is 0 Å². The molecule has 1 atom stereocenters. The number of pyridine rings is 1. The number of hydrogen-bond donors (Lipinski definition) is 2. The predicted molar refractivity (Wildman–Crippen MR) is 72.6 cm³/mol. The van der Waals surface area contributed by atoms with Crippen LogP contribution in [0.4, 0.5) is 5.69 Å². The first-order chi connectivity index (χ1) is 9.60. The van der Waals surface area contributed by atoms with Crippen molar-refractivity contribution in [3.05, 3.63) is 17.5 Å². The van der Waals surface area contributed by atoms with Crippen LogP contribution in [0.2, 0.25) is 0 Å². The maximum atomic E-state index is 11.3. The van der Waals surface area contributed by atoms with Gasteiger partial charge < -0.3 is 19.8 Å². The molecule has 1 aromatic heterocycles. The highest BCUT2D eigenvalue weighted by Gasteiger charge is 2.33. The number of methoxy groups -OCH3 is 1. The van der Waals surface area contributed by atoms with Crippen molar-refractivity contribution in [3.63, 3.8) is 0 Å². The highest BCUT2D eigenvalue weighted by Crippen LogP contribution is 2.45. The molecule has 3 rings (SSSR count). The largest absolute Gasteiger partial charge is 0.494 e. The highest BCUT2D eigenvalue weighted by molar-refractivity contribution is 5.89. The van der Waals surface area contributed by atoms with Gasteiger partial charge in [-0.3, -0.25) is 0 Å². The summed E-state index contributed by atoms with van der Waals surface area (Å²) >= 11 is 0. The van der Waals surface area contributed by atoms with Gasteiger partial charge in [-0.15, -0.1) is 0 Å². The van der Waals surface area contributed by atoms with Crippen molar-refractivity contribution < 1.29 is 19.7 Å². The molecule has 2 heterocycles. The van der Waals surface area contributed by atoms with E-state index in [9.17, 15) is 15.0 Å². The van der Waals surface area contributed by atoms with Gasteiger partial charge in [0.15, 0.2) is 11.4 Å². The van der Waals surface area contributed by atoms with E-state index in [1.165, 1.54) is 7.11 Å². The lowest BCUT2D eigenvalue weighted by Crippen LogP contribution is -2.23. The lowest BCUT2D eigenvalue weighted by molar-refractivity contribution is 0.0686. The van der Waals surface area contributed by atoms with Gasteiger partial charge >= 0.3 is 5.97 Å². The average molecular weight is 278 g/mol. The molecule has 0 aromatic carbocycles. The van der Waals surface area contributed by atoms with Crippen LogP contribution in [0.1, 0.15) is 41.4 Å². The normalized spacial score (nSPS) is 22.1. The number of aromatic nitrogens is 1. The van der Waals surface area contributed by atoms with Crippen LogP contribution in [0, 0.1) is 0 Å². The van der Waals surface area contributed by atoms with Crippen LogP contribution in [0.3, 0.4) is 0 Å². The number of anilines is 1. The monoisotopic (exact) mass is 278 g/mol. The maximum absolute atomic E-state index is 11.3. The van der Waals surface area contributed by atoms with Gasteiger partial charge in [-0.25, -0.2) is 9.78 Å². The third kappa shape index (κ3) is 2.31. The third-order valence-electron chi connectivity index (χ3n) is 3.89. The number of hydrogen-bond acceptors (Lipinski definition) is 5. The molecule has 1 saturated carbocycles. The smallest absolute Gasteiger partial charge is 0.358 e. The molecule has 0 amide bonds. The third-order valence-corrected chi connectivity index (χ3v) is 3.89. The predicted octanol–water partition coefficient (Wildman–Crippen LogP) is 1.24. The van der Waals surface area contributed by atoms with Crippen molar-refractivity contribution in [1.82, 2.24) is 4.98 Å². The van der Waals surface area contributed by atoms with E-state index in [0.29, 0.717) is 12.5 Å². The summed E-state index contributed by atoms with van der Waals surface area (Å²) in [5.41, 5.74) is 1.71. The molecular formula is C14H18N2O4. The molecule has 1 aliphatic heterocycles. The number of β-amino-alcohol motifs (C(OH)–C–C–N with tert-alkyl or cyclic N) is 1. The van der Waals surface area contributed by atoms with E-state index in [4.69, 9.17) is 4.74 Å².